The zero-order chi connectivity index (χ0) is 59.8. The third-order valence-corrected chi connectivity index (χ3v) is 14.0. The molecule has 0 aromatic rings. The first-order valence-electron chi connectivity index (χ1n) is 32.1. The number of carbonyl (C=O) groups excluding carboxylic acids is 3. The topological polar surface area (TPSA) is 155 Å². The molecule has 0 radical (unpaired) electrons. The molecular formula is C70H115O11P. The van der Waals surface area contributed by atoms with Crippen LogP contribution in [0.5, 0.6) is 0 Å². The molecule has 2 N–H and O–H groups in total. The lowest BCUT2D eigenvalue weighted by molar-refractivity contribution is -0.161. The quantitative estimate of drug-likeness (QED) is 0.0197. The van der Waals surface area contributed by atoms with Gasteiger partial charge in [-0.05, 0) is 135 Å². The summed E-state index contributed by atoms with van der Waals surface area (Å²) < 4.78 is 39.6. The van der Waals surface area contributed by atoms with Crippen molar-refractivity contribution in [1.82, 2.24) is 0 Å². The second-order valence-electron chi connectivity index (χ2n) is 20.8. The molecule has 0 amide bonds. The minimum atomic E-state index is -4.78. The number of esters is 3. The maximum absolute atomic E-state index is 13.0. The van der Waals surface area contributed by atoms with Crippen molar-refractivity contribution in [2.24, 2.45) is 0 Å². The summed E-state index contributed by atoms with van der Waals surface area (Å²) in [5.41, 5.74) is 0. The first-order valence-corrected chi connectivity index (χ1v) is 33.6. The summed E-state index contributed by atoms with van der Waals surface area (Å²) >= 11 is 0. The highest BCUT2D eigenvalue weighted by molar-refractivity contribution is 7.47. The fourth-order valence-corrected chi connectivity index (χ4v) is 9.01. The molecule has 0 saturated carbocycles. The third-order valence-electron chi connectivity index (χ3n) is 13.0. The fourth-order valence-electron chi connectivity index (χ4n) is 8.23. The van der Waals surface area contributed by atoms with Gasteiger partial charge < -0.3 is 24.2 Å². The number of ether oxygens (including phenoxy) is 3. The molecule has 0 rings (SSSR count). The zero-order valence-electron chi connectivity index (χ0n) is 51.7. The van der Waals surface area contributed by atoms with Crippen LogP contribution in [0.2, 0.25) is 0 Å². The summed E-state index contributed by atoms with van der Waals surface area (Å²) in [5, 5.41) is 9.85. The van der Waals surface area contributed by atoms with Crippen molar-refractivity contribution in [2.75, 3.05) is 26.4 Å². The van der Waals surface area contributed by atoms with Crippen LogP contribution in [0.25, 0.3) is 0 Å². The molecule has 3 unspecified atom stereocenters. The van der Waals surface area contributed by atoms with Gasteiger partial charge in [0.2, 0.25) is 0 Å². The number of hydrogen-bond donors (Lipinski definition) is 2. The lowest BCUT2D eigenvalue weighted by atomic mass is 10.1. The van der Waals surface area contributed by atoms with Crippen molar-refractivity contribution in [1.29, 1.82) is 0 Å². The predicted octanol–water partition coefficient (Wildman–Crippen LogP) is 19.7. The minimum Gasteiger partial charge on any atom is -0.462 e. The van der Waals surface area contributed by atoms with Gasteiger partial charge in [-0.15, -0.1) is 0 Å². The van der Waals surface area contributed by atoms with Crippen LogP contribution in [0.4, 0.5) is 0 Å². The molecule has 0 aliphatic carbocycles. The van der Waals surface area contributed by atoms with E-state index in [1.807, 2.05) is 0 Å². The summed E-state index contributed by atoms with van der Waals surface area (Å²) in [6.07, 6.45) is 79.7. The van der Waals surface area contributed by atoms with Crippen molar-refractivity contribution in [3.8, 4) is 0 Å². The highest BCUT2D eigenvalue weighted by Crippen LogP contribution is 2.43. The Morgan fingerprint density at radius 2 is 0.634 bits per heavy atom. The van der Waals surface area contributed by atoms with E-state index in [4.69, 9.17) is 23.3 Å². The molecule has 3 atom stereocenters. The van der Waals surface area contributed by atoms with Gasteiger partial charge in [-0.2, -0.15) is 0 Å². The molecule has 82 heavy (non-hydrogen) atoms. The number of allylic oxidation sites excluding steroid dienone is 22. The van der Waals surface area contributed by atoms with Gasteiger partial charge >= 0.3 is 25.7 Å². The Morgan fingerprint density at radius 1 is 0.354 bits per heavy atom. The summed E-state index contributed by atoms with van der Waals surface area (Å²) in [6, 6.07) is 0. The average molecular weight is 1160 g/mol. The van der Waals surface area contributed by atoms with E-state index in [-0.39, 0.29) is 25.9 Å². The molecule has 0 aliphatic rings. The number of hydrogen-bond acceptors (Lipinski definition) is 10. The highest BCUT2D eigenvalue weighted by atomic mass is 31.2. The van der Waals surface area contributed by atoms with Crippen LogP contribution >= 0.6 is 7.82 Å². The Hall–Kier alpha value is -4.38. The van der Waals surface area contributed by atoms with Gasteiger partial charge in [0.25, 0.3) is 0 Å². The minimum absolute atomic E-state index is 0.140. The number of aliphatic hydroxyl groups is 1. The second-order valence-corrected chi connectivity index (χ2v) is 22.3. The molecule has 0 spiro atoms. The number of aliphatic hydroxyl groups excluding tert-OH is 1. The van der Waals surface area contributed by atoms with Crippen molar-refractivity contribution in [2.45, 2.75) is 264 Å². The Kier molecular flexibility index (Phi) is 59.3. The molecule has 0 aromatic heterocycles. The predicted molar refractivity (Wildman–Crippen MR) is 343 cm³/mol. The summed E-state index contributed by atoms with van der Waals surface area (Å²) in [6.45, 7) is 4.33. The maximum atomic E-state index is 13.0. The van der Waals surface area contributed by atoms with E-state index in [9.17, 15) is 28.9 Å². The van der Waals surface area contributed by atoms with Crippen LogP contribution in [-0.4, -0.2) is 66.5 Å². The van der Waals surface area contributed by atoms with Gasteiger partial charge in [0.05, 0.1) is 19.8 Å². The van der Waals surface area contributed by atoms with Crippen LogP contribution in [-0.2, 0) is 42.2 Å². The molecule has 0 fully saturated rings. The van der Waals surface area contributed by atoms with E-state index in [0.717, 1.165) is 141 Å². The highest BCUT2D eigenvalue weighted by Gasteiger charge is 2.28. The van der Waals surface area contributed by atoms with Gasteiger partial charge in [0, 0.05) is 19.3 Å². The number of unbranched alkanes of at least 4 members (excludes halogenated alkanes) is 19. The second kappa shape index (κ2) is 62.7. The summed E-state index contributed by atoms with van der Waals surface area (Å²) in [7, 11) is -4.78. The van der Waals surface area contributed by atoms with Gasteiger partial charge in [-0.1, -0.05) is 231 Å². The SMILES string of the molecule is CC/C=C\C/C=C\C/C=C\C/C=C\C/C=C\CCCCCC(=O)OCC(COP(=O)(O)OCC(CO)OC(=O)CCCCCC/C=C\C/C=C\C/C=C\C/C=C\CC)OC(=O)CCCCCCCCCCC/C=C\C/C=C\CCCCC. The number of phosphoric ester groups is 1. The van der Waals surface area contributed by atoms with Gasteiger partial charge in [-0.25, -0.2) is 4.57 Å². The van der Waals surface area contributed by atoms with Gasteiger partial charge in [0.15, 0.2) is 6.10 Å². The molecule has 0 aliphatic heterocycles. The van der Waals surface area contributed by atoms with Crippen molar-refractivity contribution in [3.63, 3.8) is 0 Å². The Bertz CT molecular complexity index is 1890. The standard InChI is InChI=1S/C70H115O11P/c1-4-7-10-13-16-19-22-25-28-31-33-36-38-41-44-47-50-53-56-59-68(72)77-63-67(81-70(74)61-58-55-52-49-46-43-40-37-34-32-29-26-23-20-17-14-11-8-5-2)65-79-82(75,76)78-64-66(62-71)80-69(73)60-57-54-51-48-45-42-39-35-30-27-24-21-18-15-12-9-6-3/h7,9-10,12,16-21,25-30,33,36,39,41-42,44,66-67,71H,4-6,8,11,13-15,22-24,31-32,34-35,37-38,40,43,45-65H2,1-3H3,(H,75,76)/b10-7-,12-9-,19-16-,20-17-,21-18-,28-25-,29-26-,30-27-,36-33-,42-39-,44-41-. The molecule has 466 valence electrons. The normalized spacial score (nSPS) is 14.2. The van der Waals surface area contributed by atoms with Crippen LogP contribution < -0.4 is 0 Å². The summed E-state index contributed by atoms with van der Waals surface area (Å²) in [5.74, 6) is -1.54. The van der Waals surface area contributed by atoms with E-state index in [1.54, 1.807) is 0 Å². The van der Waals surface area contributed by atoms with E-state index in [1.165, 1.54) is 51.4 Å². The number of phosphoric acid groups is 1. The van der Waals surface area contributed by atoms with Gasteiger partial charge in [0.1, 0.15) is 12.7 Å². The van der Waals surface area contributed by atoms with E-state index in [2.05, 4.69) is 154 Å². The zero-order valence-corrected chi connectivity index (χ0v) is 52.6. The van der Waals surface area contributed by atoms with E-state index < -0.39 is 57.8 Å². The van der Waals surface area contributed by atoms with E-state index >= 15 is 0 Å². The Morgan fingerprint density at radius 3 is 0.988 bits per heavy atom. The Labute approximate surface area is 500 Å². The monoisotopic (exact) mass is 1160 g/mol. The fraction of sp³-hybridized carbons (Fsp3) is 0.643. The smallest absolute Gasteiger partial charge is 0.462 e. The molecule has 0 aromatic carbocycles. The van der Waals surface area contributed by atoms with Crippen molar-refractivity contribution >= 4 is 25.7 Å². The van der Waals surface area contributed by atoms with Crippen LogP contribution in [0, 0.1) is 0 Å². The average Bonchev–Trinajstić information content (AvgIpc) is 3.47. The molecule has 12 heteroatoms. The number of rotatable bonds is 58. The van der Waals surface area contributed by atoms with Crippen LogP contribution in [0.15, 0.2) is 134 Å². The van der Waals surface area contributed by atoms with Crippen molar-refractivity contribution < 1.29 is 52.2 Å². The molecule has 0 bridgehead atoms. The van der Waals surface area contributed by atoms with Crippen molar-refractivity contribution in [3.05, 3.63) is 134 Å². The molecule has 0 saturated heterocycles. The first kappa shape index (κ1) is 77.6. The third kappa shape index (κ3) is 60.2. The van der Waals surface area contributed by atoms with Gasteiger partial charge in [-0.3, -0.25) is 23.4 Å². The van der Waals surface area contributed by atoms with Crippen LogP contribution in [0.3, 0.4) is 0 Å². The molecule has 11 nitrogen and oxygen atoms in total. The lowest BCUT2D eigenvalue weighted by Crippen LogP contribution is -2.30. The van der Waals surface area contributed by atoms with E-state index in [0.29, 0.717) is 19.3 Å². The molecule has 0 heterocycles. The summed E-state index contributed by atoms with van der Waals surface area (Å²) in [4.78, 5) is 48.8. The lowest BCUT2D eigenvalue weighted by Gasteiger charge is -2.21. The molecular weight excluding hydrogens is 1050 g/mol. The van der Waals surface area contributed by atoms with Crippen LogP contribution in [0.1, 0.15) is 252 Å². The maximum Gasteiger partial charge on any atom is 0.472 e. The first-order chi connectivity index (χ1) is 40.2. The largest absolute Gasteiger partial charge is 0.472 e. The number of carbonyl (C=O) groups is 3. The Balaban J connectivity index is 4.81.